The molecule has 3 aromatic rings. The van der Waals surface area contributed by atoms with Crippen LogP contribution in [0.5, 0.6) is 5.75 Å². The minimum absolute atomic E-state index is 0.122. The summed E-state index contributed by atoms with van der Waals surface area (Å²) in [6.07, 6.45) is 1.53. The Morgan fingerprint density at radius 2 is 1.57 bits per heavy atom. The third-order valence-corrected chi connectivity index (χ3v) is 4.58. The molecule has 0 aromatic heterocycles. The zero-order valence-electron chi connectivity index (χ0n) is 11.9. The fourth-order valence-corrected chi connectivity index (χ4v) is 3.39. The van der Waals surface area contributed by atoms with Crippen molar-refractivity contribution in [2.45, 2.75) is 4.90 Å². The second kappa shape index (κ2) is 6.10. The SMILES string of the molecule is O=[C]Nc1c(S(=O)(=O)Oc2ccccc2)ccc2ccccc12. The molecule has 0 bridgehead atoms. The quantitative estimate of drug-likeness (QED) is 0.578. The lowest BCUT2D eigenvalue weighted by molar-refractivity contribution is 0.486. The van der Waals surface area contributed by atoms with E-state index in [0.29, 0.717) is 5.39 Å². The van der Waals surface area contributed by atoms with E-state index in [9.17, 15) is 13.2 Å². The zero-order valence-corrected chi connectivity index (χ0v) is 12.7. The van der Waals surface area contributed by atoms with Gasteiger partial charge >= 0.3 is 16.5 Å². The summed E-state index contributed by atoms with van der Waals surface area (Å²) < 4.78 is 30.2. The molecule has 1 amide bonds. The summed E-state index contributed by atoms with van der Waals surface area (Å²) in [5.41, 5.74) is 0.147. The van der Waals surface area contributed by atoms with E-state index in [1.54, 1.807) is 36.4 Å². The van der Waals surface area contributed by atoms with Crippen LogP contribution in [0.25, 0.3) is 10.8 Å². The molecular formula is C17H12NO4S. The Bertz CT molecular complexity index is 953. The highest BCUT2D eigenvalue weighted by molar-refractivity contribution is 7.87. The minimum Gasteiger partial charge on any atom is -0.379 e. The van der Waals surface area contributed by atoms with E-state index >= 15 is 0 Å². The maximum atomic E-state index is 12.5. The van der Waals surface area contributed by atoms with Gasteiger partial charge in [0.2, 0.25) is 0 Å². The van der Waals surface area contributed by atoms with Gasteiger partial charge in [-0.1, -0.05) is 48.5 Å². The van der Waals surface area contributed by atoms with E-state index in [4.69, 9.17) is 4.18 Å². The number of hydrogen-bond donors (Lipinski definition) is 1. The van der Waals surface area contributed by atoms with E-state index in [0.717, 1.165) is 5.39 Å². The molecule has 0 spiro atoms. The topological polar surface area (TPSA) is 72.5 Å². The Kier molecular flexibility index (Phi) is 3.99. The van der Waals surface area contributed by atoms with Crippen molar-refractivity contribution in [3.8, 4) is 5.75 Å². The first-order valence-electron chi connectivity index (χ1n) is 6.76. The number of benzene rings is 3. The van der Waals surface area contributed by atoms with Crippen LogP contribution < -0.4 is 9.50 Å². The second-order valence-corrected chi connectivity index (χ2v) is 6.25. The first-order valence-corrected chi connectivity index (χ1v) is 8.17. The number of amides is 1. The van der Waals surface area contributed by atoms with E-state index in [-0.39, 0.29) is 16.3 Å². The lowest BCUT2D eigenvalue weighted by atomic mass is 10.1. The average molecular weight is 326 g/mol. The van der Waals surface area contributed by atoms with Crippen molar-refractivity contribution in [1.82, 2.24) is 0 Å². The maximum Gasteiger partial charge on any atom is 0.341 e. The van der Waals surface area contributed by atoms with Gasteiger partial charge in [0.1, 0.15) is 10.6 Å². The van der Waals surface area contributed by atoms with Crippen LogP contribution in [0.15, 0.2) is 71.6 Å². The van der Waals surface area contributed by atoms with Crippen molar-refractivity contribution in [2.75, 3.05) is 5.32 Å². The van der Waals surface area contributed by atoms with Gasteiger partial charge in [-0.05, 0) is 23.6 Å². The zero-order chi connectivity index (χ0) is 16.3. The molecule has 0 heterocycles. The van der Waals surface area contributed by atoms with Crippen molar-refractivity contribution < 1.29 is 17.4 Å². The lowest BCUT2D eigenvalue weighted by Gasteiger charge is -2.13. The highest BCUT2D eigenvalue weighted by Gasteiger charge is 2.22. The van der Waals surface area contributed by atoms with Crippen LogP contribution in [0.3, 0.4) is 0 Å². The van der Waals surface area contributed by atoms with Gasteiger partial charge in [0.25, 0.3) is 0 Å². The molecular weight excluding hydrogens is 314 g/mol. The molecule has 6 heteroatoms. The Labute approximate surface area is 133 Å². The molecule has 0 saturated carbocycles. The van der Waals surface area contributed by atoms with Gasteiger partial charge in [0, 0.05) is 5.39 Å². The molecule has 0 fully saturated rings. The molecule has 23 heavy (non-hydrogen) atoms. The molecule has 0 aliphatic rings. The summed E-state index contributed by atoms with van der Waals surface area (Å²) in [6.45, 7) is 0. The van der Waals surface area contributed by atoms with Crippen molar-refractivity contribution >= 4 is 33.0 Å². The van der Waals surface area contributed by atoms with Crippen LogP contribution in [0.4, 0.5) is 5.69 Å². The molecule has 1 radical (unpaired) electrons. The second-order valence-electron chi connectivity index (χ2n) is 4.74. The molecule has 0 unspecified atom stereocenters. The Morgan fingerprint density at radius 3 is 2.30 bits per heavy atom. The molecule has 0 saturated heterocycles. The van der Waals surface area contributed by atoms with Crippen LogP contribution in [-0.2, 0) is 14.9 Å². The predicted octanol–water partition coefficient (Wildman–Crippen LogP) is 3.09. The third kappa shape index (κ3) is 3.02. The average Bonchev–Trinajstić information content (AvgIpc) is 2.55. The summed E-state index contributed by atoms with van der Waals surface area (Å²) >= 11 is 0. The van der Waals surface area contributed by atoms with Gasteiger partial charge in [-0.3, -0.25) is 4.79 Å². The van der Waals surface area contributed by atoms with E-state index in [2.05, 4.69) is 5.32 Å². The standard InChI is InChI=1S/C17H12NO4S/c19-12-18-17-15-9-5-4-6-13(15)10-11-16(17)23(20,21)22-14-7-2-1-3-8-14/h1-11H,(H,18,19). The predicted molar refractivity (Wildman–Crippen MR) is 87.5 cm³/mol. The van der Waals surface area contributed by atoms with Crippen LogP contribution in [0.2, 0.25) is 0 Å². The van der Waals surface area contributed by atoms with Crippen molar-refractivity contribution in [1.29, 1.82) is 0 Å². The number of carbonyl (C=O) groups excluding carboxylic acids is 1. The number of para-hydroxylation sites is 1. The molecule has 3 rings (SSSR count). The fraction of sp³-hybridized carbons (Fsp3) is 0. The minimum atomic E-state index is -4.10. The molecule has 0 atom stereocenters. The molecule has 3 aromatic carbocycles. The number of rotatable bonds is 5. The number of nitrogens with one attached hydrogen (secondary N) is 1. The normalized spacial score (nSPS) is 11.1. The summed E-state index contributed by atoms with van der Waals surface area (Å²) in [5.74, 6) is 0.196. The number of anilines is 1. The highest BCUT2D eigenvalue weighted by atomic mass is 32.2. The van der Waals surface area contributed by atoms with Crippen molar-refractivity contribution in [2.24, 2.45) is 0 Å². The molecule has 5 nitrogen and oxygen atoms in total. The maximum absolute atomic E-state index is 12.5. The highest BCUT2D eigenvalue weighted by Crippen LogP contribution is 2.32. The van der Waals surface area contributed by atoms with Crippen molar-refractivity contribution in [3.63, 3.8) is 0 Å². The summed E-state index contributed by atoms with van der Waals surface area (Å²) in [5, 5.41) is 3.73. The first-order chi connectivity index (χ1) is 11.1. The Hall–Kier alpha value is -2.86. The van der Waals surface area contributed by atoms with Gasteiger partial charge < -0.3 is 9.50 Å². The van der Waals surface area contributed by atoms with Gasteiger partial charge in [0.05, 0.1) is 5.69 Å². The largest absolute Gasteiger partial charge is 0.379 e. The van der Waals surface area contributed by atoms with E-state index in [1.807, 2.05) is 12.1 Å². The van der Waals surface area contributed by atoms with E-state index in [1.165, 1.54) is 24.6 Å². The fourth-order valence-electron chi connectivity index (χ4n) is 2.29. The molecule has 115 valence electrons. The van der Waals surface area contributed by atoms with Gasteiger partial charge in [-0.15, -0.1) is 0 Å². The smallest absolute Gasteiger partial charge is 0.341 e. The van der Waals surface area contributed by atoms with Crippen LogP contribution in [0, 0.1) is 0 Å². The summed E-state index contributed by atoms with van der Waals surface area (Å²) in [6, 6.07) is 18.4. The monoisotopic (exact) mass is 326 g/mol. The van der Waals surface area contributed by atoms with Crippen LogP contribution >= 0.6 is 0 Å². The molecule has 0 aliphatic heterocycles. The van der Waals surface area contributed by atoms with E-state index < -0.39 is 10.1 Å². The van der Waals surface area contributed by atoms with Gasteiger partial charge in [0.15, 0.2) is 0 Å². The Morgan fingerprint density at radius 1 is 0.870 bits per heavy atom. The first kappa shape index (κ1) is 15.1. The van der Waals surface area contributed by atoms with Crippen LogP contribution in [-0.4, -0.2) is 14.8 Å². The Balaban J connectivity index is 2.14. The number of fused-ring (bicyclic) bond motifs is 1. The summed E-state index contributed by atoms with van der Waals surface area (Å²) in [7, 11) is -4.10. The summed E-state index contributed by atoms with van der Waals surface area (Å²) in [4.78, 5) is 10.7. The van der Waals surface area contributed by atoms with Crippen molar-refractivity contribution in [3.05, 3.63) is 66.7 Å². The molecule has 0 aliphatic carbocycles. The van der Waals surface area contributed by atoms with Gasteiger partial charge in [-0.25, -0.2) is 0 Å². The lowest BCUT2D eigenvalue weighted by Crippen LogP contribution is -2.13. The third-order valence-electron chi connectivity index (χ3n) is 3.29. The number of hydrogen-bond acceptors (Lipinski definition) is 4. The van der Waals surface area contributed by atoms with Gasteiger partial charge in [-0.2, -0.15) is 8.42 Å². The van der Waals surface area contributed by atoms with Crippen LogP contribution in [0.1, 0.15) is 0 Å². The molecule has 1 N–H and O–H groups in total.